The third kappa shape index (κ3) is 3.18. The van der Waals surface area contributed by atoms with Gasteiger partial charge in [0, 0.05) is 24.5 Å². The molecule has 1 aliphatic rings. The molecule has 0 bridgehead atoms. The van der Waals surface area contributed by atoms with Crippen LogP contribution in [0, 0.1) is 0 Å². The van der Waals surface area contributed by atoms with E-state index in [9.17, 15) is 5.11 Å². The zero-order valence-corrected chi connectivity index (χ0v) is 13.1. The van der Waals surface area contributed by atoms with Crippen molar-refractivity contribution in [1.82, 2.24) is 5.32 Å². The lowest BCUT2D eigenvalue weighted by Gasteiger charge is -2.39. The van der Waals surface area contributed by atoms with E-state index in [2.05, 4.69) is 5.32 Å². The maximum Gasteiger partial charge on any atom is 0.121 e. The number of ether oxygens (including phenoxy) is 1. The molecule has 4 heteroatoms. The Balaban J connectivity index is 1.97. The zero-order chi connectivity index (χ0) is 15.4. The fourth-order valence-corrected chi connectivity index (χ4v) is 3.14. The summed E-state index contributed by atoms with van der Waals surface area (Å²) in [6, 6.07) is 17.3. The third-order valence-electron chi connectivity index (χ3n) is 4.15. The molecule has 3 rings (SSSR count). The van der Waals surface area contributed by atoms with Gasteiger partial charge in [-0.3, -0.25) is 0 Å². The summed E-state index contributed by atoms with van der Waals surface area (Å²) in [6.07, 6.45) is 0.114. The topological polar surface area (TPSA) is 41.5 Å². The van der Waals surface area contributed by atoms with E-state index in [1.54, 1.807) is 0 Å². The molecule has 2 N–H and O–H groups in total. The van der Waals surface area contributed by atoms with E-state index in [1.165, 1.54) is 0 Å². The van der Waals surface area contributed by atoms with E-state index in [0.29, 0.717) is 24.6 Å². The van der Waals surface area contributed by atoms with Crippen molar-refractivity contribution in [2.24, 2.45) is 0 Å². The number of halogens is 1. The van der Waals surface area contributed by atoms with Gasteiger partial charge in [0.1, 0.15) is 11.7 Å². The minimum absolute atomic E-state index is 0.306. The summed E-state index contributed by atoms with van der Waals surface area (Å²) in [6.45, 7) is 2.03. The Labute approximate surface area is 135 Å². The molecule has 116 valence electrons. The third-order valence-corrected chi connectivity index (χ3v) is 4.52. The molecule has 0 aromatic heterocycles. The van der Waals surface area contributed by atoms with Gasteiger partial charge in [0.15, 0.2) is 0 Å². The lowest BCUT2D eigenvalue weighted by atomic mass is 9.82. The van der Waals surface area contributed by atoms with Crippen LogP contribution in [0.25, 0.3) is 0 Å². The minimum Gasteiger partial charge on any atom is -0.382 e. The van der Waals surface area contributed by atoms with Crippen LogP contribution in [0.3, 0.4) is 0 Å². The molecular weight excluding hydrogens is 298 g/mol. The Kier molecular flexibility index (Phi) is 4.79. The van der Waals surface area contributed by atoms with Crippen LogP contribution in [0.15, 0.2) is 54.6 Å². The van der Waals surface area contributed by atoms with E-state index in [1.807, 2.05) is 54.6 Å². The average Bonchev–Trinajstić information content (AvgIpc) is 2.58. The van der Waals surface area contributed by atoms with Crippen molar-refractivity contribution < 1.29 is 9.84 Å². The normalized spacial score (nSPS) is 21.3. The van der Waals surface area contributed by atoms with Crippen LogP contribution < -0.4 is 5.32 Å². The van der Waals surface area contributed by atoms with Crippen LogP contribution in [0.1, 0.15) is 11.1 Å². The number of hydrogen-bond donors (Lipinski definition) is 2. The van der Waals surface area contributed by atoms with Crippen LogP contribution >= 0.6 is 11.6 Å². The molecule has 0 saturated carbocycles. The van der Waals surface area contributed by atoms with Crippen LogP contribution in [0.5, 0.6) is 0 Å². The second-order valence-corrected chi connectivity index (χ2v) is 6.03. The van der Waals surface area contributed by atoms with Crippen LogP contribution in [-0.4, -0.2) is 30.9 Å². The van der Waals surface area contributed by atoms with E-state index in [-0.39, 0.29) is 6.10 Å². The summed E-state index contributed by atoms with van der Waals surface area (Å²) in [7, 11) is 0. The maximum absolute atomic E-state index is 11.5. The Morgan fingerprint density at radius 2 is 1.86 bits per heavy atom. The average molecular weight is 318 g/mol. The predicted octanol–water partition coefficient (Wildman–Crippen LogP) is 2.76. The van der Waals surface area contributed by atoms with E-state index < -0.39 is 5.60 Å². The highest BCUT2D eigenvalue weighted by Gasteiger charge is 2.40. The molecule has 2 atom stereocenters. The number of rotatable bonds is 4. The Bertz CT molecular complexity index is 613. The quantitative estimate of drug-likeness (QED) is 0.911. The summed E-state index contributed by atoms with van der Waals surface area (Å²) in [4.78, 5) is 0. The highest BCUT2D eigenvalue weighted by Crippen LogP contribution is 2.33. The molecule has 1 heterocycles. The second kappa shape index (κ2) is 6.80. The van der Waals surface area contributed by atoms with Crippen LogP contribution in [0.2, 0.25) is 5.02 Å². The molecule has 0 unspecified atom stereocenters. The largest absolute Gasteiger partial charge is 0.382 e. The Hall–Kier alpha value is -1.39. The molecule has 2 aromatic carbocycles. The SMILES string of the molecule is O[C@@](Cc1ccccc1Cl)(c1ccccc1)[C@H]1CNCCO1. The lowest BCUT2D eigenvalue weighted by Crippen LogP contribution is -2.52. The van der Waals surface area contributed by atoms with Gasteiger partial charge in [-0.15, -0.1) is 0 Å². The van der Waals surface area contributed by atoms with Gasteiger partial charge < -0.3 is 15.2 Å². The van der Waals surface area contributed by atoms with Crippen LogP contribution in [0.4, 0.5) is 0 Å². The van der Waals surface area contributed by atoms with E-state index >= 15 is 0 Å². The summed E-state index contributed by atoms with van der Waals surface area (Å²) in [5.74, 6) is 0. The first-order chi connectivity index (χ1) is 10.7. The highest BCUT2D eigenvalue weighted by molar-refractivity contribution is 6.31. The smallest absolute Gasteiger partial charge is 0.121 e. The molecule has 2 aromatic rings. The standard InChI is InChI=1S/C18H20ClNO2/c19-16-9-5-4-6-14(16)12-18(21,15-7-2-1-3-8-15)17-13-20-10-11-22-17/h1-9,17,20-21H,10-13H2/t17-,18+/m1/s1. The molecule has 1 fully saturated rings. The first-order valence-electron chi connectivity index (χ1n) is 7.54. The van der Waals surface area contributed by atoms with Crippen molar-refractivity contribution in [3.8, 4) is 0 Å². The van der Waals surface area contributed by atoms with Gasteiger partial charge in [-0.1, -0.05) is 60.1 Å². The number of morpholine rings is 1. The molecule has 0 spiro atoms. The molecule has 1 saturated heterocycles. The minimum atomic E-state index is -1.11. The molecule has 0 radical (unpaired) electrons. The zero-order valence-electron chi connectivity index (χ0n) is 12.3. The van der Waals surface area contributed by atoms with E-state index in [4.69, 9.17) is 16.3 Å². The van der Waals surface area contributed by atoms with Crippen molar-refractivity contribution >= 4 is 11.6 Å². The summed E-state index contributed by atoms with van der Waals surface area (Å²) in [5.41, 5.74) is 0.660. The van der Waals surface area contributed by atoms with Gasteiger partial charge in [-0.2, -0.15) is 0 Å². The number of nitrogens with one attached hydrogen (secondary N) is 1. The highest BCUT2D eigenvalue weighted by atomic mass is 35.5. The number of hydrogen-bond acceptors (Lipinski definition) is 3. The van der Waals surface area contributed by atoms with E-state index in [0.717, 1.165) is 17.7 Å². The molecule has 22 heavy (non-hydrogen) atoms. The fraction of sp³-hybridized carbons (Fsp3) is 0.333. The molecule has 0 aliphatic carbocycles. The van der Waals surface area contributed by atoms with Crippen molar-refractivity contribution in [2.45, 2.75) is 18.1 Å². The lowest BCUT2D eigenvalue weighted by molar-refractivity contribution is -0.124. The van der Waals surface area contributed by atoms with Crippen molar-refractivity contribution in [1.29, 1.82) is 0 Å². The number of aliphatic hydroxyl groups is 1. The van der Waals surface area contributed by atoms with Gasteiger partial charge in [-0.25, -0.2) is 0 Å². The second-order valence-electron chi connectivity index (χ2n) is 5.62. The first-order valence-corrected chi connectivity index (χ1v) is 7.91. The molecule has 1 aliphatic heterocycles. The summed E-state index contributed by atoms with van der Waals surface area (Å²) >= 11 is 6.29. The predicted molar refractivity (Wildman–Crippen MR) is 88.1 cm³/mol. The van der Waals surface area contributed by atoms with Crippen molar-refractivity contribution in [3.63, 3.8) is 0 Å². The first kappa shape index (κ1) is 15.5. The van der Waals surface area contributed by atoms with Gasteiger partial charge in [0.2, 0.25) is 0 Å². The monoisotopic (exact) mass is 317 g/mol. The van der Waals surface area contributed by atoms with Gasteiger partial charge in [-0.05, 0) is 17.2 Å². The van der Waals surface area contributed by atoms with Gasteiger partial charge in [0.05, 0.1) is 6.61 Å². The maximum atomic E-state index is 11.5. The number of benzene rings is 2. The fourth-order valence-electron chi connectivity index (χ4n) is 2.93. The summed E-state index contributed by atoms with van der Waals surface area (Å²) < 4.78 is 5.85. The molecule has 0 amide bonds. The molecule has 3 nitrogen and oxygen atoms in total. The molecular formula is C18H20ClNO2. The van der Waals surface area contributed by atoms with Gasteiger partial charge in [0.25, 0.3) is 0 Å². The van der Waals surface area contributed by atoms with Crippen molar-refractivity contribution in [2.75, 3.05) is 19.7 Å². The Morgan fingerprint density at radius 1 is 1.14 bits per heavy atom. The Morgan fingerprint density at radius 3 is 2.55 bits per heavy atom. The van der Waals surface area contributed by atoms with Crippen molar-refractivity contribution in [3.05, 3.63) is 70.7 Å². The summed E-state index contributed by atoms with van der Waals surface area (Å²) in [5, 5.41) is 15.4. The van der Waals surface area contributed by atoms with Crippen LogP contribution in [-0.2, 0) is 16.8 Å². The van der Waals surface area contributed by atoms with Gasteiger partial charge >= 0.3 is 0 Å².